The van der Waals surface area contributed by atoms with Crippen molar-refractivity contribution in [2.45, 2.75) is 32.7 Å². The molecule has 164 valence electrons. The lowest BCUT2D eigenvalue weighted by molar-refractivity contribution is -0.136. The van der Waals surface area contributed by atoms with Crippen LogP contribution in [0.2, 0.25) is 0 Å². The van der Waals surface area contributed by atoms with Gasteiger partial charge in [-0.1, -0.05) is 20.8 Å². The van der Waals surface area contributed by atoms with Crippen molar-refractivity contribution in [2.75, 3.05) is 25.0 Å². The van der Waals surface area contributed by atoms with Gasteiger partial charge in [0.2, 0.25) is 5.82 Å². The van der Waals surface area contributed by atoms with Crippen LogP contribution in [0, 0.1) is 11.3 Å². The van der Waals surface area contributed by atoms with Crippen LogP contribution in [-0.2, 0) is 4.79 Å². The molecule has 1 aromatic carbocycles. The van der Waals surface area contributed by atoms with Gasteiger partial charge in [-0.2, -0.15) is 5.21 Å². The molecule has 11 nitrogen and oxygen atoms in total. The molecule has 2 aliphatic heterocycles. The van der Waals surface area contributed by atoms with E-state index in [2.05, 4.69) is 20.6 Å². The lowest BCUT2D eigenvalue weighted by Gasteiger charge is -2.52. The third-order valence-electron chi connectivity index (χ3n) is 6.34. The molecule has 0 radical (unpaired) electrons. The van der Waals surface area contributed by atoms with Gasteiger partial charge in [0.25, 0.3) is 5.91 Å². The Hall–Kier alpha value is -3.50. The maximum absolute atomic E-state index is 13.5. The Balaban J connectivity index is 1.81. The highest BCUT2D eigenvalue weighted by atomic mass is 16.4. The molecule has 2 fully saturated rings. The van der Waals surface area contributed by atoms with Gasteiger partial charge >= 0.3 is 12.1 Å². The summed E-state index contributed by atoms with van der Waals surface area (Å²) in [4.78, 5) is 42.5. The number of carbonyl (C=O) groups is 3. The second-order valence-corrected chi connectivity index (χ2v) is 9.09. The summed E-state index contributed by atoms with van der Waals surface area (Å²) in [6.45, 7) is 6.25. The molecule has 0 aliphatic carbocycles. The number of rotatable bonds is 2. The van der Waals surface area contributed by atoms with Gasteiger partial charge in [-0.25, -0.2) is 9.59 Å². The number of aromatic amines is 1. The van der Waals surface area contributed by atoms with Crippen molar-refractivity contribution < 1.29 is 19.5 Å². The molecule has 4 amide bonds. The maximum atomic E-state index is 13.5. The number of aromatic nitrogens is 4. The Morgan fingerprint density at radius 1 is 1.23 bits per heavy atom. The Kier molecular flexibility index (Phi) is 4.71. The van der Waals surface area contributed by atoms with Crippen LogP contribution in [-0.4, -0.2) is 79.2 Å². The van der Waals surface area contributed by atoms with Crippen LogP contribution in [0.15, 0.2) is 24.3 Å². The molecule has 1 spiro atoms. The molecule has 2 saturated heterocycles. The van der Waals surface area contributed by atoms with Crippen LogP contribution in [0.3, 0.4) is 0 Å². The molecule has 0 saturated carbocycles. The van der Waals surface area contributed by atoms with E-state index in [-0.39, 0.29) is 25.4 Å². The zero-order chi connectivity index (χ0) is 22.6. The van der Waals surface area contributed by atoms with Crippen LogP contribution < -0.4 is 4.90 Å². The number of carboxylic acid groups (broad SMARTS) is 1. The first-order valence-corrected chi connectivity index (χ1v) is 10.0. The summed E-state index contributed by atoms with van der Waals surface area (Å²) in [6.07, 6.45) is -0.798. The van der Waals surface area contributed by atoms with Gasteiger partial charge < -0.3 is 10.0 Å². The predicted octanol–water partition coefficient (Wildman–Crippen LogP) is 2.05. The van der Waals surface area contributed by atoms with E-state index in [1.54, 1.807) is 29.2 Å². The molecular weight excluding hydrogens is 402 g/mol. The maximum Gasteiger partial charge on any atom is 0.407 e. The normalized spacial score (nSPS) is 24.4. The monoisotopic (exact) mass is 427 g/mol. The van der Waals surface area contributed by atoms with Crippen LogP contribution in [0.5, 0.6) is 0 Å². The molecule has 11 heteroatoms. The minimum absolute atomic E-state index is 0.170. The van der Waals surface area contributed by atoms with Crippen molar-refractivity contribution >= 4 is 23.7 Å². The Bertz CT molecular complexity index is 1020. The van der Waals surface area contributed by atoms with Crippen molar-refractivity contribution in [1.29, 1.82) is 0 Å². The highest BCUT2D eigenvalue weighted by molar-refractivity contribution is 6.17. The summed E-state index contributed by atoms with van der Waals surface area (Å²) in [6, 6.07) is 6.61. The molecule has 2 aliphatic rings. The zero-order valence-corrected chi connectivity index (χ0v) is 17.9. The number of hydrogen-bond acceptors (Lipinski definition) is 6. The fraction of sp³-hybridized carbons (Fsp3) is 0.500. The SMILES string of the molecule is CN1C(=O)N(c2ccc(-c3nn[nH]n3)cc2)C2(CCN(C(=O)O)CC2C(C)(C)C)C1=O. The van der Waals surface area contributed by atoms with E-state index in [1.165, 1.54) is 11.9 Å². The fourth-order valence-corrected chi connectivity index (χ4v) is 4.81. The van der Waals surface area contributed by atoms with Gasteiger partial charge in [0.15, 0.2) is 0 Å². The summed E-state index contributed by atoms with van der Waals surface area (Å²) >= 11 is 0. The second-order valence-electron chi connectivity index (χ2n) is 9.09. The summed E-state index contributed by atoms with van der Waals surface area (Å²) in [5.41, 5.74) is -0.319. The number of nitrogens with one attached hydrogen (secondary N) is 1. The number of urea groups is 1. The van der Waals surface area contributed by atoms with E-state index in [1.807, 2.05) is 20.8 Å². The molecule has 2 atom stereocenters. The summed E-state index contributed by atoms with van der Waals surface area (Å²) < 4.78 is 0. The van der Waals surface area contributed by atoms with Gasteiger partial charge in [-0.15, -0.1) is 10.2 Å². The number of H-pyrrole nitrogens is 1. The average Bonchev–Trinajstić information content (AvgIpc) is 3.32. The molecule has 2 unspecified atom stereocenters. The first-order valence-electron chi connectivity index (χ1n) is 10.0. The quantitative estimate of drug-likeness (QED) is 0.700. The number of piperidine rings is 1. The number of benzene rings is 1. The molecule has 2 N–H and O–H groups in total. The Morgan fingerprint density at radius 3 is 2.45 bits per heavy atom. The highest BCUT2D eigenvalue weighted by Crippen LogP contribution is 2.49. The summed E-state index contributed by atoms with van der Waals surface area (Å²) in [5.74, 6) is -0.280. The van der Waals surface area contributed by atoms with E-state index in [9.17, 15) is 19.5 Å². The van der Waals surface area contributed by atoms with E-state index in [0.29, 0.717) is 17.1 Å². The van der Waals surface area contributed by atoms with Crippen LogP contribution >= 0.6 is 0 Å². The van der Waals surface area contributed by atoms with E-state index < -0.39 is 29.0 Å². The first kappa shape index (κ1) is 20.8. The Labute approximate surface area is 179 Å². The van der Waals surface area contributed by atoms with Crippen molar-refractivity contribution in [2.24, 2.45) is 11.3 Å². The largest absolute Gasteiger partial charge is 0.465 e. The first-order chi connectivity index (χ1) is 14.6. The summed E-state index contributed by atoms with van der Waals surface area (Å²) in [5, 5.41) is 23.4. The van der Waals surface area contributed by atoms with Gasteiger partial charge in [0.05, 0.1) is 0 Å². The van der Waals surface area contributed by atoms with Crippen molar-refractivity contribution in [1.82, 2.24) is 30.4 Å². The number of hydrogen-bond donors (Lipinski definition) is 2. The Morgan fingerprint density at radius 2 is 1.90 bits per heavy atom. The summed E-state index contributed by atoms with van der Waals surface area (Å²) in [7, 11) is 1.48. The van der Waals surface area contributed by atoms with Crippen molar-refractivity contribution in [3.05, 3.63) is 24.3 Å². The van der Waals surface area contributed by atoms with E-state index in [0.717, 1.165) is 4.90 Å². The van der Waals surface area contributed by atoms with Gasteiger partial charge in [-0.3, -0.25) is 14.6 Å². The van der Waals surface area contributed by atoms with Gasteiger partial charge in [0.1, 0.15) is 5.54 Å². The third-order valence-corrected chi connectivity index (χ3v) is 6.34. The molecular formula is C20H25N7O4. The molecule has 3 heterocycles. The number of carbonyl (C=O) groups excluding carboxylic acids is 2. The van der Waals surface area contributed by atoms with Crippen molar-refractivity contribution in [3.8, 4) is 11.4 Å². The zero-order valence-electron chi connectivity index (χ0n) is 17.9. The molecule has 2 aromatic rings. The fourth-order valence-electron chi connectivity index (χ4n) is 4.81. The van der Waals surface area contributed by atoms with Crippen molar-refractivity contribution in [3.63, 3.8) is 0 Å². The number of amides is 4. The number of anilines is 1. The molecule has 31 heavy (non-hydrogen) atoms. The highest BCUT2D eigenvalue weighted by Gasteiger charge is 2.64. The van der Waals surface area contributed by atoms with Gasteiger partial charge in [0, 0.05) is 37.3 Å². The lowest BCUT2D eigenvalue weighted by Crippen LogP contribution is -2.66. The second kappa shape index (κ2) is 7.03. The van der Waals surface area contributed by atoms with Crippen LogP contribution in [0.4, 0.5) is 15.3 Å². The number of imide groups is 1. The number of likely N-dealkylation sites (N-methyl/N-ethyl adjacent to an activating group) is 1. The number of likely N-dealkylation sites (tertiary alicyclic amines) is 1. The number of tetrazole rings is 1. The molecule has 1 aromatic heterocycles. The minimum Gasteiger partial charge on any atom is -0.465 e. The van der Waals surface area contributed by atoms with Crippen LogP contribution in [0.25, 0.3) is 11.4 Å². The molecule has 4 rings (SSSR count). The number of nitrogens with zero attached hydrogens (tertiary/aromatic N) is 6. The lowest BCUT2D eigenvalue weighted by atomic mass is 9.64. The van der Waals surface area contributed by atoms with E-state index in [4.69, 9.17) is 0 Å². The minimum atomic E-state index is -1.16. The predicted molar refractivity (Wildman–Crippen MR) is 110 cm³/mol. The van der Waals surface area contributed by atoms with Crippen LogP contribution in [0.1, 0.15) is 27.2 Å². The average molecular weight is 427 g/mol. The smallest absolute Gasteiger partial charge is 0.407 e. The topological polar surface area (TPSA) is 136 Å². The molecule has 0 bridgehead atoms. The standard InChI is InChI=1S/C20H25N7O4/c1-19(2,3)14-11-26(18(30)31)10-9-20(14)16(28)25(4)17(29)27(20)13-7-5-12(6-8-13)15-21-23-24-22-15/h5-8,14H,9-11H2,1-4H3,(H,30,31)(H,21,22,23,24). The van der Waals surface area contributed by atoms with E-state index >= 15 is 0 Å². The van der Waals surface area contributed by atoms with Gasteiger partial charge in [-0.05, 0) is 41.3 Å². The third kappa shape index (κ3) is 3.11.